The van der Waals surface area contributed by atoms with Gasteiger partial charge in [-0.3, -0.25) is 4.79 Å². The zero-order chi connectivity index (χ0) is 27.2. The van der Waals surface area contributed by atoms with Crippen molar-refractivity contribution in [3.8, 4) is 11.9 Å². The van der Waals surface area contributed by atoms with E-state index in [1.54, 1.807) is 0 Å². The smallest absolute Gasteiger partial charge is 0.403 e. The number of alkyl halides is 3. The van der Waals surface area contributed by atoms with Crippen LogP contribution in [0.15, 0.2) is 35.4 Å². The second kappa shape index (κ2) is 9.30. The standard InChI is InChI=1S/C22H19F4N5O5S/c1-11-15(18(32)28-12-5-3-6-13(9-12)37(2,34)35)19(31-30-16(11)22(24,25)26)36-20-27-10-14(17(23)29-20)21(33)7-4-8-21/h3,5-6,9-10,33H,4,7-8H2,1-2H3,(H,28,32). The van der Waals surface area contributed by atoms with Gasteiger partial charge in [-0.25, -0.2) is 13.4 Å². The first-order chi connectivity index (χ1) is 17.2. The van der Waals surface area contributed by atoms with E-state index >= 15 is 0 Å². The number of benzene rings is 1. The van der Waals surface area contributed by atoms with Gasteiger partial charge < -0.3 is 15.2 Å². The average molecular weight is 541 g/mol. The summed E-state index contributed by atoms with van der Waals surface area (Å²) in [7, 11) is -3.64. The van der Waals surface area contributed by atoms with E-state index in [1.807, 2.05) is 0 Å². The van der Waals surface area contributed by atoms with Crippen LogP contribution in [-0.2, 0) is 21.6 Å². The Morgan fingerprint density at radius 1 is 1.22 bits per heavy atom. The highest BCUT2D eigenvalue weighted by Gasteiger charge is 2.40. The Morgan fingerprint density at radius 3 is 2.49 bits per heavy atom. The van der Waals surface area contributed by atoms with E-state index in [9.17, 15) is 35.9 Å². The largest absolute Gasteiger partial charge is 0.435 e. The highest BCUT2D eigenvalue weighted by molar-refractivity contribution is 7.90. The SMILES string of the molecule is Cc1c(C(F)(F)F)nnc(Oc2ncc(C3(O)CCC3)c(F)n2)c1C(=O)Nc1cccc(S(C)(=O)=O)c1. The molecular formula is C22H19F4N5O5S. The molecule has 2 heterocycles. The topological polar surface area (TPSA) is 144 Å². The summed E-state index contributed by atoms with van der Waals surface area (Å²) in [6.45, 7) is 0.961. The number of carbonyl (C=O) groups excluding carboxylic acids is 1. The third-order valence-corrected chi connectivity index (χ3v) is 6.90. The highest BCUT2D eigenvalue weighted by atomic mass is 32.2. The van der Waals surface area contributed by atoms with E-state index in [0.29, 0.717) is 19.3 Å². The zero-order valence-electron chi connectivity index (χ0n) is 19.3. The van der Waals surface area contributed by atoms with Crippen molar-refractivity contribution in [1.29, 1.82) is 0 Å². The van der Waals surface area contributed by atoms with Crippen molar-refractivity contribution in [2.24, 2.45) is 0 Å². The maximum absolute atomic E-state index is 14.5. The summed E-state index contributed by atoms with van der Waals surface area (Å²) < 4.78 is 83.8. The molecule has 0 saturated heterocycles. The van der Waals surface area contributed by atoms with Crippen molar-refractivity contribution in [3.05, 3.63) is 58.8 Å². The number of aromatic nitrogens is 4. The molecule has 0 radical (unpaired) electrons. The molecule has 2 N–H and O–H groups in total. The number of hydrogen-bond donors (Lipinski definition) is 2. The van der Waals surface area contributed by atoms with Gasteiger partial charge >= 0.3 is 12.2 Å². The Labute approximate surface area is 207 Å². The van der Waals surface area contributed by atoms with Crippen LogP contribution in [0, 0.1) is 12.9 Å². The van der Waals surface area contributed by atoms with Gasteiger partial charge in [0.05, 0.1) is 16.1 Å². The molecule has 0 aliphatic heterocycles. The van der Waals surface area contributed by atoms with E-state index in [1.165, 1.54) is 18.2 Å². The molecule has 1 aromatic carbocycles. The van der Waals surface area contributed by atoms with E-state index in [2.05, 4.69) is 25.5 Å². The lowest BCUT2D eigenvalue weighted by molar-refractivity contribution is -0.142. The van der Waals surface area contributed by atoms with Crippen LogP contribution in [0.4, 0.5) is 23.2 Å². The fourth-order valence-corrected chi connectivity index (χ4v) is 4.35. The first-order valence-electron chi connectivity index (χ1n) is 10.7. The van der Waals surface area contributed by atoms with Crippen molar-refractivity contribution >= 4 is 21.4 Å². The lowest BCUT2D eigenvalue weighted by Crippen LogP contribution is -2.35. The number of sulfone groups is 1. The van der Waals surface area contributed by atoms with Gasteiger partial charge in [0, 0.05) is 18.1 Å². The Hall–Kier alpha value is -3.72. The molecule has 10 nitrogen and oxygen atoms in total. The number of halogens is 4. The Kier molecular flexibility index (Phi) is 6.62. The molecule has 1 fully saturated rings. The van der Waals surface area contributed by atoms with Gasteiger partial charge in [-0.2, -0.15) is 22.5 Å². The fourth-order valence-electron chi connectivity index (χ4n) is 3.68. The van der Waals surface area contributed by atoms with Crippen molar-refractivity contribution in [1.82, 2.24) is 20.2 Å². The highest BCUT2D eigenvalue weighted by Crippen LogP contribution is 2.42. The predicted molar refractivity (Wildman–Crippen MR) is 119 cm³/mol. The minimum absolute atomic E-state index is 0.0379. The minimum Gasteiger partial charge on any atom is -0.403 e. The number of aliphatic hydroxyl groups is 1. The molecule has 0 bridgehead atoms. The van der Waals surface area contributed by atoms with Crippen LogP contribution in [0.2, 0.25) is 0 Å². The van der Waals surface area contributed by atoms with E-state index < -0.39 is 62.2 Å². The first-order valence-corrected chi connectivity index (χ1v) is 12.6. The zero-order valence-corrected chi connectivity index (χ0v) is 20.1. The lowest BCUT2D eigenvalue weighted by atomic mass is 9.76. The summed E-state index contributed by atoms with van der Waals surface area (Å²) in [5.74, 6) is -3.00. The Balaban J connectivity index is 1.72. The van der Waals surface area contributed by atoms with Crippen molar-refractivity contribution < 1.29 is 40.6 Å². The predicted octanol–water partition coefficient (Wildman–Crippen LogP) is 3.55. The number of anilines is 1. The Morgan fingerprint density at radius 2 is 1.92 bits per heavy atom. The molecule has 4 rings (SSSR count). The molecule has 0 spiro atoms. The average Bonchev–Trinajstić information content (AvgIpc) is 2.76. The molecule has 37 heavy (non-hydrogen) atoms. The summed E-state index contributed by atoms with van der Waals surface area (Å²) >= 11 is 0. The van der Waals surface area contributed by atoms with Crippen molar-refractivity contribution in [3.63, 3.8) is 0 Å². The molecule has 15 heteroatoms. The third kappa shape index (κ3) is 5.36. The van der Waals surface area contributed by atoms with Gasteiger partial charge in [-0.15, -0.1) is 10.2 Å². The number of nitrogens with zero attached hydrogens (tertiary/aromatic N) is 4. The third-order valence-electron chi connectivity index (χ3n) is 5.79. The van der Waals surface area contributed by atoms with E-state index in [-0.39, 0.29) is 16.1 Å². The summed E-state index contributed by atoms with van der Waals surface area (Å²) in [6, 6.07) is 4.35. The molecule has 1 amide bonds. The van der Waals surface area contributed by atoms with E-state index in [4.69, 9.17) is 4.74 Å². The molecule has 1 saturated carbocycles. The molecular weight excluding hydrogens is 522 g/mol. The number of carbonyl (C=O) groups is 1. The second-order valence-electron chi connectivity index (χ2n) is 8.45. The molecule has 1 aliphatic carbocycles. The summed E-state index contributed by atoms with van der Waals surface area (Å²) in [4.78, 5) is 20.2. The van der Waals surface area contributed by atoms with Gasteiger partial charge in [-0.1, -0.05) is 6.07 Å². The molecule has 0 atom stereocenters. The normalized spacial score (nSPS) is 15.1. The van der Waals surface area contributed by atoms with Crippen LogP contribution >= 0.6 is 0 Å². The first kappa shape index (κ1) is 26.3. The van der Waals surface area contributed by atoms with Crippen LogP contribution < -0.4 is 10.1 Å². The van der Waals surface area contributed by atoms with E-state index in [0.717, 1.165) is 25.4 Å². The van der Waals surface area contributed by atoms with Crippen LogP contribution in [0.5, 0.6) is 11.9 Å². The number of amides is 1. The van der Waals surface area contributed by atoms with Gasteiger partial charge in [0.2, 0.25) is 5.95 Å². The summed E-state index contributed by atoms with van der Waals surface area (Å²) in [6.07, 6.45) is -1.74. The molecule has 2 aromatic heterocycles. The molecule has 1 aliphatic rings. The van der Waals surface area contributed by atoms with Gasteiger partial charge in [0.25, 0.3) is 11.8 Å². The van der Waals surface area contributed by atoms with Gasteiger partial charge in [0.15, 0.2) is 15.5 Å². The fraction of sp³-hybridized carbons (Fsp3) is 0.318. The Bertz CT molecular complexity index is 1490. The second-order valence-corrected chi connectivity index (χ2v) is 10.5. The lowest BCUT2D eigenvalue weighted by Gasteiger charge is -2.36. The van der Waals surface area contributed by atoms with Crippen LogP contribution in [0.1, 0.15) is 46.4 Å². The van der Waals surface area contributed by atoms with Gasteiger partial charge in [0.1, 0.15) is 5.56 Å². The molecule has 196 valence electrons. The summed E-state index contributed by atoms with van der Waals surface area (Å²) in [5, 5.41) is 19.1. The van der Waals surface area contributed by atoms with Crippen molar-refractivity contribution in [2.75, 3.05) is 11.6 Å². The minimum atomic E-state index is -4.97. The number of nitrogens with one attached hydrogen (secondary N) is 1. The van der Waals surface area contributed by atoms with Crippen LogP contribution in [0.3, 0.4) is 0 Å². The van der Waals surface area contributed by atoms with Crippen molar-refractivity contribution in [2.45, 2.75) is 42.9 Å². The number of hydrogen-bond acceptors (Lipinski definition) is 9. The number of ether oxygens (including phenoxy) is 1. The monoisotopic (exact) mass is 541 g/mol. The van der Waals surface area contributed by atoms with Crippen LogP contribution in [0.25, 0.3) is 0 Å². The summed E-state index contributed by atoms with van der Waals surface area (Å²) in [5.41, 5.74) is -4.45. The van der Waals surface area contributed by atoms with Gasteiger partial charge in [-0.05, 0) is 49.9 Å². The van der Waals surface area contributed by atoms with Crippen LogP contribution in [-0.4, -0.2) is 45.9 Å². The number of rotatable bonds is 6. The molecule has 0 unspecified atom stereocenters. The molecule has 3 aromatic rings. The maximum atomic E-state index is 14.5. The quantitative estimate of drug-likeness (QED) is 0.354. The maximum Gasteiger partial charge on any atom is 0.435 e.